The molecule has 3 rings (SSSR count). The first kappa shape index (κ1) is 29.4. The van der Waals surface area contributed by atoms with Gasteiger partial charge in [0.1, 0.15) is 24.7 Å². The van der Waals surface area contributed by atoms with Gasteiger partial charge in [0.15, 0.2) is 0 Å². The second-order valence-electron chi connectivity index (χ2n) is 9.30. The van der Waals surface area contributed by atoms with E-state index in [0.29, 0.717) is 17.1 Å². The van der Waals surface area contributed by atoms with Crippen molar-refractivity contribution >= 4 is 11.9 Å². The van der Waals surface area contributed by atoms with Gasteiger partial charge in [-0.25, -0.2) is 9.59 Å². The predicted octanol–water partition coefficient (Wildman–Crippen LogP) is 6.71. The molecular formula is C33H36O6. The first-order valence-electron chi connectivity index (χ1n) is 13.1. The zero-order valence-corrected chi connectivity index (χ0v) is 22.7. The van der Waals surface area contributed by atoms with E-state index >= 15 is 0 Å². The van der Waals surface area contributed by atoms with Gasteiger partial charge in [0.05, 0.1) is 12.2 Å². The number of hydrogen-bond donors (Lipinski definition) is 1. The van der Waals surface area contributed by atoms with Gasteiger partial charge in [-0.3, -0.25) is 0 Å². The molecule has 0 bridgehead atoms. The maximum Gasteiger partial charge on any atom is 0.338 e. The number of aryl methyl sites for hydroxylation is 1. The van der Waals surface area contributed by atoms with Crippen LogP contribution in [0.5, 0.6) is 11.5 Å². The molecule has 0 aromatic heterocycles. The molecule has 3 aromatic carbocycles. The van der Waals surface area contributed by atoms with Gasteiger partial charge in [-0.15, -0.1) is 0 Å². The molecule has 0 radical (unpaired) electrons. The van der Waals surface area contributed by atoms with Gasteiger partial charge in [0.25, 0.3) is 0 Å². The summed E-state index contributed by atoms with van der Waals surface area (Å²) in [7, 11) is 0. The lowest BCUT2D eigenvalue weighted by Gasteiger charge is -2.14. The highest BCUT2D eigenvalue weighted by molar-refractivity contribution is 5.90. The Kier molecular flexibility index (Phi) is 11.1. The highest BCUT2D eigenvalue weighted by Gasteiger charge is 2.13. The van der Waals surface area contributed by atoms with Crippen LogP contribution in [0.4, 0.5) is 0 Å². The number of aliphatic hydroxyl groups is 1. The van der Waals surface area contributed by atoms with Crippen LogP contribution in [0.1, 0.15) is 38.7 Å². The lowest BCUT2D eigenvalue weighted by Crippen LogP contribution is -2.14. The molecule has 6 nitrogen and oxygen atoms in total. The predicted molar refractivity (Wildman–Crippen MR) is 154 cm³/mol. The third kappa shape index (κ3) is 8.69. The summed E-state index contributed by atoms with van der Waals surface area (Å²) in [5.41, 5.74) is 5.53. The van der Waals surface area contributed by atoms with E-state index in [4.69, 9.17) is 19.3 Å². The number of carbonyl (C=O) groups is 2. The molecule has 0 aliphatic rings. The first-order valence-corrected chi connectivity index (χ1v) is 13.1. The lowest BCUT2D eigenvalue weighted by molar-refractivity contribution is -0.140. The van der Waals surface area contributed by atoms with Crippen LogP contribution < -0.4 is 9.47 Å². The summed E-state index contributed by atoms with van der Waals surface area (Å²) in [5, 5.41) is 8.92. The minimum absolute atomic E-state index is 0.00158. The molecule has 0 spiro atoms. The standard InChI is InChI=1S/C33H36O6/c1-5-6-7-8-25-9-11-27(12-10-25)31-21-29(39-32(35)23(2)3)17-18-30(31)26-13-15-28(16-14-26)37-19-20-38-33(36)24(4)22-34/h9-18,21,34H,2,4-8,19-20,22H2,1,3H3. The largest absolute Gasteiger partial charge is 0.490 e. The fraction of sp³-hybridized carbons (Fsp3) is 0.273. The van der Waals surface area contributed by atoms with Crippen molar-refractivity contribution in [1.29, 1.82) is 0 Å². The quantitative estimate of drug-likeness (QED) is 0.108. The van der Waals surface area contributed by atoms with Crippen molar-refractivity contribution in [3.05, 3.63) is 96.6 Å². The molecule has 0 heterocycles. The molecule has 0 saturated heterocycles. The highest BCUT2D eigenvalue weighted by atomic mass is 16.6. The number of benzene rings is 3. The summed E-state index contributed by atoms with van der Waals surface area (Å²) in [4.78, 5) is 23.7. The monoisotopic (exact) mass is 528 g/mol. The molecule has 0 amide bonds. The molecule has 1 N–H and O–H groups in total. The summed E-state index contributed by atoms with van der Waals surface area (Å²) in [6.45, 7) is 10.7. The smallest absolute Gasteiger partial charge is 0.338 e. The third-order valence-electron chi connectivity index (χ3n) is 6.11. The number of carbonyl (C=O) groups excluding carboxylic acids is 2. The van der Waals surface area contributed by atoms with Crippen LogP contribution in [0.2, 0.25) is 0 Å². The molecule has 0 fully saturated rings. The van der Waals surface area contributed by atoms with Crippen LogP contribution >= 0.6 is 0 Å². The van der Waals surface area contributed by atoms with Crippen molar-refractivity contribution in [2.45, 2.75) is 39.5 Å². The Balaban J connectivity index is 1.80. The fourth-order valence-corrected chi connectivity index (χ4v) is 3.89. The molecule has 39 heavy (non-hydrogen) atoms. The molecule has 0 unspecified atom stereocenters. The SMILES string of the molecule is C=C(C)C(=O)Oc1ccc(-c2ccc(OCCOC(=O)C(=C)CO)cc2)c(-c2ccc(CCCCC)cc2)c1. The number of aliphatic hydroxyl groups excluding tert-OH is 1. The number of unbranched alkanes of at least 4 members (excludes halogenated alkanes) is 2. The third-order valence-corrected chi connectivity index (χ3v) is 6.11. The topological polar surface area (TPSA) is 82.1 Å². The Bertz CT molecular complexity index is 1290. The summed E-state index contributed by atoms with van der Waals surface area (Å²) in [5.74, 6) is -0.0314. The average Bonchev–Trinajstić information content (AvgIpc) is 2.95. The summed E-state index contributed by atoms with van der Waals surface area (Å²) < 4.78 is 16.2. The van der Waals surface area contributed by atoms with E-state index in [2.05, 4.69) is 44.3 Å². The van der Waals surface area contributed by atoms with Gasteiger partial charge in [0, 0.05) is 5.57 Å². The number of rotatable bonds is 14. The maximum atomic E-state index is 12.1. The van der Waals surface area contributed by atoms with Crippen molar-refractivity contribution in [3.8, 4) is 33.8 Å². The van der Waals surface area contributed by atoms with Gasteiger partial charge in [0.2, 0.25) is 0 Å². The van der Waals surface area contributed by atoms with Crippen LogP contribution in [0.25, 0.3) is 22.3 Å². The van der Waals surface area contributed by atoms with E-state index in [1.54, 1.807) is 13.0 Å². The Morgan fingerprint density at radius 2 is 1.44 bits per heavy atom. The second kappa shape index (κ2) is 14.7. The van der Waals surface area contributed by atoms with Crippen LogP contribution in [-0.2, 0) is 20.7 Å². The van der Waals surface area contributed by atoms with Gasteiger partial charge in [-0.1, -0.05) is 75.4 Å². The maximum absolute atomic E-state index is 12.1. The Morgan fingerprint density at radius 3 is 2.08 bits per heavy atom. The Labute approximate surface area is 230 Å². The number of ether oxygens (including phenoxy) is 3. The number of hydrogen-bond acceptors (Lipinski definition) is 6. The van der Waals surface area contributed by atoms with Gasteiger partial charge < -0.3 is 19.3 Å². The van der Waals surface area contributed by atoms with E-state index in [9.17, 15) is 9.59 Å². The second-order valence-corrected chi connectivity index (χ2v) is 9.30. The van der Waals surface area contributed by atoms with E-state index < -0.39 is 18.5 Å². The fourth-order valence-electron chi connectivity index (χ4n) is 3.89. The summed E-state index contributed by atoms with van der Waals surface area (Å²) in [6.07, 6.45) is 4.62. The lowest BCUT2D eigenvalue weighted by atomic mass is 9.93. The molecule has 204 valence electrons. The Morgan fingerprint density at radius 1 is 0.795 bits per heavy atom. The molecule has 6 heteroatoms. The first-order chi connectivity index (χ1) is 18.8. The zero-order valence-electron chi connectivity index (χ0n) is 22.7. The molecule has 0 aliphatic carbocycles. The minimum Gasteiger partial charge on any atom is -0.490 e. The minimum atomic E-state index is -0.643. The number of esters is 2. The van der Waals surface area contributed by atoms with Crippen molar-refractivity contribution in [3.63, 3.8) is 0 Å². The van der Waals surface area contributed by atoms with Crippen molar-refractivity contribution < 1.29 is 28.9 Å². The zero-order chi connectivity index (χ0) is 28.2. The molecule has 0 atom stereocenters. The molecular weight excluding hydrogens is 492 g/mol. The van der Waals surface area contributed by atoms with Crippen molar-refractivity contribution in [2.24, 2.45) is 0 Å². The summed E-state index contributed by atoms with van der Waals surface area (Å²) >= 11 is 0. The van der Waals surface area contributed by atoms with Crippen LogP contribution in [-0.4, -0.2) is 36.9 Å². The van der Waals surface area contributed by atoms with Crippen molar-refractivity contribution in [2.75, 3.05) is 19.8 Å². The van der Waals surface area contributed by atoms with Crippen LogP contribution in [0.3, 0.4) is 0 Å². The Hall–Kier alpha value is -4.16. The normalized spacial score (nSPS) is 10.5. The molecule has 3 aromatic rings. The van der Waals surface area contributed by atoms with Gasteiger partial charge in [-0.2, -0.15) is 0 Å². The van der Waals surface area contributed by atoms with Crippen molar-refractivity contribution in [1.82, 2.24) is 0 Å². The highest BCUT2D eigenvalue weighted by Crippen LogP contribution is 2.36. The summed E-state index contributed by atoms with van der Waals surface area (Å²) in [6, 6.07) is 21.7. The van der Waals surface area contributed by atoms with E-state index in [0.717, 1.165) is 28.7 Å². The van der Waals surface area contributed by atoms with Crippen LogP contribution in [0.15, 0.2) is 91.0 Å². The molecule has 0 saturated carbocycles. The van der Waals surface area contributed by atoms with Gasteiger partial charge in [-0.05, 0) is 71.8 Å². The van der Waals surface area contributed by atoms with E-state index in [-0.39, 0.29) is 18.8 Å². The van der Waals surface area contributed by atoms with E-state index in [1.807, 2.05) is 36.4 Å². The van der Waals surface area contributed by atoms with E-state index in [1.165, 1.54) is 24.8 Å². The average molecular weight is 529 g/mol. The van der Waals surface area contributed by atoms with Crippen LogP contribution in [0, 0.1) is 0 Å². The van der Waals surface area contributed by atoms with Gasteiger partial charge >= 0.3 is 11.9 Å². The molecule has 0 aliphatic heterocycles.